The minimum atomic E-state index is -0.0558. The molecule has 5 heteroatoms. The first kappa shape index (κ1) is 16.0. The van der Waals surface area contributed by atoms with E-state index in [4.69, 9.17) is 0 Å². The standard InChI is InChI=1S/C16H29N5/c1-11(21(6)12-7-8-12)10-18-14-9-13(17-5)19-15(20-14)16(2,3)4/h9,11-12H,7-8,10H2,1-6H3,(H2,17,18,19,20). The largest absolute Gasteiger partial charge is 0.373 e. The predicted octanol–water partition coefficient (Wildman–Crippen LogP) is 2.71. The van der Waals surface area contributed by atoms with Gasteiger partial charge < -0.3 is 10.6 Å². The quantitative estimate of drug-likeness (QED) is 0.844. The van der Waals surface area contributed by atoms with Crippen LogP contribution in [0.1, 0.15) is 46.4 Å². The van der Waals surface area contributed by atoms with Crippen LogP contribution >= 0.6 is 0 Å². The lowest BCUT2D eigenvalue weighted by Gasteiger charge is -2.25. The molecule has 1 aliphatic rings. The summed E-state index contributed by atoms with van der Waals surface area (Å²) in [6.45, 7) is 9.56. The van der Waals surface area contributed by atoms with Crippen LogP contribution in [0.5, 0.6) is 0 Å². The summed E-state index contributed by atoms with van der Waals surface area (Å²) in [5, 5.41) is 6.58. The number of nitrogens with one attached hydrogen (secondary N) is 2. The van der Waals surface area contributed by atoms with Gasteiger partial charge in [0.2, 0.25) is 0 Å². The predicted molar refractivity (Wildman–Crippen MR) is 89.0 cm³/mol. The third-order valence-electron chi connectivity index (χ3n) is 4.05. The molecule has 1 atom stereocenters. The molecule has 0 radical (unpaired) electrons. The van der Waals surface area contributed by atoms with E-state index in [1.54, 1.807) is 0 Å². The lowest BCUT2D eigenvalue weighted by atomic mass is 9.96. The van der Waals surface area contributed by atoms with Gasteiger partial charge in [-0.15, -0.1) is 0 Å². The van der Waals surface area contributed by atoms with Gasteiger partial charge >= 0.3 is 0 Å². The molecule has 1 aromatic heterocycles. The lowest BCUT2D eigenvalue weighted by Crippen LogP contribution is -2.36. The molecule has 0 aromatic carbocycles. The van der Waals surface area contributed by atoms with Gasteiger partial charge in [0.15, 0.2) is 0 Å². The first-order valence-electron chi connectivity index (χ1n) is 7.84. The Morgan fingerprint density at radius 3 is 2.43 bits per heavy atom. The summed E-state index contributed by atoms with van der Waals surface area (Å²) in [4.78, 5) is 11.7. The molecule has 1 aromatic rings. The Hall–Kier alpha value is -1.36. The number of aromatic nitrogens is 2. The number of hydrogen-bond acceptors (Lipinski definition) is 5. The van der Waals surface area contributed by atoms with Crippen LogP contribution in [0.15, 0.2) is 6.07 Å². The third-order valence-corrected chi connectivity index (χ3v) is 4.05. The van der Waals surface area contributed by atoms with Crippen molar-refractivity contribution in [3.63, 3.8) is 0 Å². The van der Waals surface area contributed by atoms with Gasteiger partial charge in [0.25, 0.3) is 0 Å². The van der Waals surface area contributed by atoms with Crippen molar-refractivity contribution in [1.29, 1.82) is 0 Å². The first-order chi connectivity index (χ1) is 9.81. The molecule has 2 rings (SSSR count). The maximum absolute atomic E-state index is 4.66. The Kier molecular flexibility index (Phi) is 4.71. The van der Waals surface area contributed by atoms with Crippen molar-refractivity contribution >= 4 is 11.6 Å². The smallest absolute Gasteiger partial charge is 0.138 e. The van der Waals surface area contributed by atoms with Crippen molar-refractivity contribution in [2.75, 3.05) is 31.3 Å². The SMILES string of the molecule is CNc1cc(NCC(C)N(C)C2CC2)nc(C(C)(C)C)n1. The van der Waals surface area contributed by atoms with Gasteiger partial charge in [0.1, 0.15) is 17.5 Å². The van der Waals surface area contributed by atoms with Crippen LogP contribution in [0, 0.1) is 0 Å². The zero-order valence-corrected chi connectivity index (χ0v) is 14.2. The van der Waals surface area contributed by atoms with Crippen LogP contribution in [-0.4, -0.2) is 47.6 Å². The number of anilines is 2. The summed E-state index contributed by atoms with van der Waals surface area (Å²) >= 11 is 0. The highest BCUT2D eigenvalue weighted by atomic mass is 15.2. The molecule has 1 saturated carbocycles. The van der Waals surface area contributed by atoms with Gasteiger partial charge in [0.05, 0.1) is 0 Å². The molecule has 1 unspecified atom stereocenters. The second-order valence-corrected chi connectivity index (χ2v) is 7.09. The molecule has 5 nitrogen and oxygen atoms in total. The fraction of sp³-hybridized carbons (Fsp3) is 0.750. The average molecular weight is 291 g/mol. The highest BCUT2D eigenvalue weighted by Gasteiger charge is 2.29. The molecule has 1 fully saturated rings. The summed E-state index contributed by atoms with van der Waals surface area (Å²) in [6, 6.07) is 3.26. The van der Waals surface area contributed by atoms with E-state index in [0.717, 1.165) is 30.0 Å². The maximum atomic E-state index is 4.66. The van der Waals surface area contributed by atoms with Crippen molar-refractivity contribution in [1.82, 2.24) is 14.9 Å². The Bertz CT molecular complexity index is 476. The average Bonchev–Trinajstić information content (AvgIpc) is 3.27. The van der Waals surface area contributed by atoms with Crippen molar-refractivity contribution in [2.45, 2.75) is 58.0 Å². The molecule has 0 saturated heterocycles. The molecular formula is C16H29N5. The molecule has 0 spiro atoms. The van der Waals surface area contributed by atoms with E-state index in [-0.39, 0.29) is 5.41 Å². The molecule has 118 valence electrons. The molecular weight excluding hydrogens is 262 g/mol. The lowest BCUT2D eigenvalue weighted by molar-refractivity contribution is 0.257. The van der Waals surface area contributed by atoms with Crippen LogP contribution in [0.25, 0.3) is 0 Å². The van der Waals surface area contributed by atoms with E-state index in [0.29, 0.717) is 6.04 Å². The van der Waals surface area contributed by atoms with Crippen LogP contribution in [0.4, 0.5) is 11.6 Å². The maximum Gasteiger partial charge on any atom is 0.138 e. The number of rotatable bonds is 6. The normalized spacial score (nSPS) is 16.9. The summed E-state index contributed by atoms with van der Waals surface area (Å²) in [5.41, 5.74) is -0.0558. The fourth-order valence-corrected chi connectivity index (χ4v) is 2.24. The van der Waals surface area contributed by atoms with Crippen molar-refractivity contribution in [2.24, 2.45) is 0 Å². The second kappa shape index (κ2) is 6.18. The second-order valence-electron chi connectivity index (χ2n) is 7.09. The van der Waals surface area contributed by atoms with Crippen LogP contribution in [-0.2, 0) is 5.41 Å². The molecule has 1 aliphatic carbocycles. The number of likely N-dealkylation sites (N-methyl/N-ethyl adjacent to an activating group) is 1. The topological polar surface area (TPSA) is 53.1 Å². The minimum Gasteiger partial charge on any atom is -0.373 e. The van der Waals surface area contributed by atoms with Gasteiger partial charge in [-0.25, -0.2) is 9.97 Å². The van der Waals surface area contributed by atoms with Crippen molar-refractivity contribution < 1.29 is 0 Å². The van der Waals surface area contributed by atoms with Crippen LogP contribution in [0.2, 0.25) is 0 Å². The van der Waals surface area contributed by atoms with Gasteiger partial charge in [-0.05, 0) is 26.8 Å². The molecule has 0 bridgehead atoms. The number of hydrogen-bond donors (Lipinski definition) is 2. The Labute approximate surface area is 128 Å². The van der Waals surface area contributed by atoms with E-state index in [1.165, 1.54) is 12.8 Å². The van der Waals surface area contributed by atoms with E-state index in [1.807, 2.05) is 13.1 Å². The van der Waals surface area contributed by atoms with Crippen molar-refractivity contribution in [3.05, 3.63) is 11.9 Å². The minimum absolute atomic E-state index is 0.0558. The summed E-state index contributed by atoms with van der Waals surface area (Å²) in [7, 11) is 4.10. The Balaban J connectivity index is 2.04. The van der Waals surface area contributed by atoms with Crippen LogP contribution < -0.4 is 10.6 Å². The van der Waals surface area contributed by atoms with Gasteiger partial charge in [0, 0.05) is 37.2 Å². The van der Waals surface area contributed by atoms with Crippen LogP contribution in [0.3, 0.4) is 0 Å². The van der Waals surface area contributed by atoms with E-state index in [2.05, 4.69) is 60.2 Å². The summed E-state index contributed by atoms with van der Waals surface area (Å²) in [6.07, 6.45) is 2.68. The summed E-state index contributed by atoms with van der Waals surface area (Å²) < 4.78 is 0. The van der Waals surface area contributed by atoms with E-state index in [9.17, 15) is 0 Å². The third kappa shape index (κ3) is 4.30. The summed E-state index contributed by atoms with van der Waals surface area (Å²) in [5.74, 6) is 2.62. The molecule has 2 N–H and O–H groups in total. The molecule has 0 amide bonds. The molecule has 21 heavy (non-hydrogen) atoms. The fourth-order valence-electron chi connectivity index (χ4n) is 2.24. The Morgan fingerprint density at radius 1 is 1.29 bits per heavy atom. The monoisotopic (exact) mass is 291 g/mol. The van der Waals surface area contributed by atoms with Gasteiger partial charge in [-0.1, -0.05) is 20.8 Å². The van der Waals surface area contributed by atoms with E-state index < -0.39 is 0 Å². The highest BCUT2D eigenvalue weighted by Crippen LogP contribution is 2.27. The zero-order chi connectivity index (χ0) is 15.6. The number of nitrogens with zero attached hydrogens (tertiary/aromatic N) is 3. The van der Waals surface area contributed by atoms with E-state index >= 15 is 0 Å². The zero-order valence-electron chi connectivity index (χ0n) is 14.2. The van der Waals surface area contributed by atoms with Crippen molar-refractivity contribution in [3.8, 4) is 0 Å². The van der Waals surface area contributed by atoms with Gasteiger partial charge in [-0.3, -0.25) is 4.90 Å². The molecule has 1 heterocycles. The highest BCUT2D eigenvalue weighted by molar-refractivity contribution is 5.47. The van der Waals surface area contributed by atoms with Gasteiger partial charge in [-0.2, -0.15) is 0 Å². The first-order valence-corrected chi connectivity index (χ1v) is 7.84. The molecule has 0 aliphatic heterocycles. The Morgan fingerprint density at radius 2 is 1.90 bits per heavy atom.